The summed E-state index contributed by atoms with van der Waals surface area (Å²) in [6, 6.07) is 11.5. The van der Waals surface area contributed by atoms with Crippen LogP contribution in [0.3, 0.4) is 0 Å². The first-order valence-corrected chi connectivity index (χ1v) is 13.2. The van der Waals surface area contributed by atoms with Gasteiger partial charge in [-0.3, -0.25) is 4.79 Å². The Morgan fingerprint density at radius 2 is 1.86 bits per heavy atom. The van der Waals surface area contributed by atoms with E-state index in [4.69, 9.17) is 9.47 Å². The van der Waals surface area contributed by atoms with Crippen LogP contribution < -0.4 is 10.1 Å². The maximum Gasteiger partial charge on any atom is 0.325 e. The monoisotopic (exact) mass is 493 g/mol. The second-order valence-electron chi connectivity index (χ2n) is 8.79. The molecule has 1 aliphatic carbocycles. The van der Waals surface area contributed by atoms with Crippen molar-refractivity contribution >= 4 is 23.3 Å². The van der Waals surface area contributed by atoms with E-state index < -0.39 is 5.97 Å². The predicted octanol–water partition coefficient (Wildman–Crippen LogP) is 4.99. The minimum Gasteiger partial charge on any atom is -0.494 e. The highest BCUT2D eigenvalue weighted by molar-refractivity contribution is 7.15. The molecule has 0 unspecified atom stereocenters. The Labute approximate surface area is 209 Å². The van der Waals surface area contributed by atoms with Gasteiger partial charge >= 0.3 is 12.0 Å². The van der Waals surface area contributed by atoms with Gasteiger partial charge in [0, 0.05) is 16.6 Å². The number of rotatable bonds is 6. The van der Waals surface area contributed by atoms with E-state index in [0.29, 0.717) is 13.2 Å². The number of amides is 2. The quantitative estimate of drug-likeness (QED) is 0.491. The van der Waals surface area contributed by atoms with Crippen molar-refractivity contribution in [2.24, 2.45) is 0 Å². The van der Waals surface area contributed by atoms with Crippen molar-refractivity contribution in [1.29, 1.82) is 0 Å². The van der Waals surface area contributed by atoms with Gasteiger partial charge in [-0.1, -0.05) is 12.1 Å². The van der Waals surface area contributed by atoms with E-state index in [1.54, 1.807) is 6.92 Å². The normalized spacial score (nSPS) is 16.5. The van der Waals surface area contributed by atoms with E-state index in [-0.39, 0.29) is 25.2 Å². The lowest BCUT2D eigenvalue weighted by atomic mass is 9.95. The van der Waals surface area contributed by atoms with Gasteiger partial charge in [0.25, 0.3) is 0 Å². The lowest BCUT2D eigenvalue weighted by Gasteiger charge is -2.31. The van der Waals surface area contributed by atoms with Gasteiger partial charge in [-0.2, -0.15) is 0 Å². The number of urea groups is 1. The summed E-state index contributed by atoms with van der Waals surface area (Å²) in [5, 5.41) is 4.01. The number of hydrogen-bond acceptors (Lipinski definition) is 5. The van der Waals surface area contributed by atoms with Gasteiger partial charge < -0.3 is 24.3 Å². The molecule has 8 heteroatoms. The number of thiophene rings is 1. The van der Waals surface area contributed by atoms with Gasteiger partial charge in [0.2, 0.25) is 0 Å². The smallest absolute Gasteiger partial charge is 0.325 e. The van der Waals surface area contributed by atoms with Crippen molar-refractivity contribution < 1.29 is 19.1 Å². The Hall–Kier alpha value is -3.26. The molecule has 0 bridgehead atoms. The molecule has 0 fully saturated rings. The second kappa shape index (κ2) is 10.2. The number of aryl methyl sites for hydroxylation is 1. The Morgan fingerprint density at radius 1 is 1.06 bits per heavy atom. The summed E-state index contributed by atoms with van der Waals surface area (Å²) in [7, 11) is 0. The molecule has 2 aromatic heterocycles. The predicted molar refractivity (Wildman–Crippen MR) is 135 cm³/mol. The molecular weight excluding hydrogens is 462 g/mol. The molecule has 1 aliphatic heterocycles. The SMILES string of the molecule is CCOC(=O)CNC(=O)N1Cc2c(sc3c2CCCC3)-n2cccc2[C@@H]1c1ccc(OCC)cc1. The molecule has 2 aliphatic rings. The van der Waals surface area contributed by atoms with Crippen LogP contribution in [-0.2, 0) is 28.9 Å². The van der Waals surface area contributed by atoms with Crippen LogP contribution in [0.2, 0.25) is 0 Å². The molecule has 0 spiro atoms. The van der Waals surface area contributed by atoms with E-state index in [0.717, 1.165) is 29.8 Å². The van der Waals surface area contributed by atoms with Crippen molar-refractivity contribution in [3.8, 4) is 10.8 Å². The molecule has 1 aromatic carbocycles. The summed E-state index contributed by atoms with van der Waals surface area (Å²) in [4.78, 5) is 28.9. The number of ether oxygens (including phenoxy) is 2. The third kappa shape index (κ3) is 4.55. The fourth-order valence-corrected chi connectivity index (χ4v) is 6.52. The molecule has 184 valence electrons. The van der Waals surface area contributed by atoms with Gasteiger partial charge in [-0.15, -0.1) is 11.3 Å². The van der Waals surface area contributed by atoms with E-state index in [9.17, 15) is 9.59 Å². The highest BCUT2D eigenvalue weighted by Crippen LogP contribution is 2.44. The zero-order valence-electron chi connectivity index (χ0n) is 20.2. The average molecular weight is 494 g/mol. The zero-order valence-corrected chi connectivity index (χ0v) is 21.0. The highest BCUT2D eigenvalue weighted by atomic mass is 32.1. The molecule has 35 heavy (non-hydrogen) atoms. The summed E-state index contributed by atoms with van der Waals surface area (Å²) >= 11 is 1.85. The van der Waals surface area contributed by atoms with Crippen molar-refractivity contribution in [3.05, 3.63) is 69.9 Å². The van der Waals surface area contributed by atoms with Crippen molar-refractivity contribution in [2.75, 3.05) is 19.8 Å². The minimum atomic E-state index is -0.440. The molecule has 0 saturated carbocycles. The summed E-state index contributed by atoms with van der Waals surface area (Å²) < 4.78 is 12.9. The third-order valence-corrected chi connectivity index (χ3v) is 7.97. The first-order chi connectivity index (χ1) is 17.1. The molecule has 1 N–H and O–H groups in total. The van der Waals surface area contributed by atoms with Crippen molar-refractivity contribution in [3.63, 3.8) is 0 Å². The number of hydrogen-bond donors (Lipinski definition) is 1. The number of nitrogens with zero attached hydrogens (tertiary/aromatic N) is 2. The number of carbonyl (C=O) groups excluding carboxylic acids is 2. The van der Waals surface area contributed by atoms with Gasteiger partial charge in [0.1, 0.15) is 17.3 Å². The van der Waals surface area contributed by atoms with E-state index >= 15 is 0 Å². The Kier molecular flexibility index (Phi) is 6.81. The molecule has 3 aromatic rings. The first-order valence-electron chi connectivity index (χ1n) is 12.3. The number of esters is 1. The summed E-state index contributed by atoms with van der Waals surface area (Å²) in [5.41, 5.74) is 4.63. The van der Waals surface area contributed by atoms with Crippen molar-refractivity contribution in [2.45, 2.75) is 52.1 Å². The maximum atomic E-state index is 13.6. The summed E-state index contributed by atoms with van der Waals surface area (Å²) in [5.74, 6) is 0.358. The van der Waals surface area contributed by atoms with Gasteiger partial charge in [-0.05, 0) is 74.9 Å². The second-order valence-corrected chi connectivity index (χ2v) is 9.88. The van der Waals surface area contributed by atoms with Gasteiger partial charge in [0.15, 0.2) is 0 Å². The fourth-order valence-electron chi connectivity index (χ4n) is 5.11. The number of carbonyl (C=O) groups is 2. The van der Waals surface area contributed by atoms with E-state index in [1.807, 2.05) is 53.5 Å². The lowest BCUT2D eigenvalue weighted by molar-refractivity contribution is -0.141. The lowest BCUT2D eigenvalue weighted by Crippen LogP contribution is -2.44. The third-order valence-electron chi connectivity index (χ3n) is 6.64. The molecular formula is C27H31N3O4S. The van der Waals surface area contributed by atoms with Crippen LogP contribution in [0.25, 0.3) is 5.00 Å². The summed E-state index contributed by atoms with van der Waals surface area (Å²) in [6.45, 7) is 4.92. The Bertz CT molecular complexity index is 1210. The van der Waals surface area contributed by atoms with Crippen LogP contribution in [0.5, 0.6) is 5.75 Å². The Balaban J connectivity index is 1.57. The van der Waals surface area contributed by atoms with Gasteiger partial charge in [0.05, 0.1) is 31.5 Å². The molecule has 0 saturated heterocycles. The van der Waals surface area contributed by atoms with Gasteiger partial charge in [-0.25, -0.2) is 4.79 Å². The standard InChI is InChI=1S/C27H31N3O4S/c1-3-33-19-13-11-18(12-14-19)25-22-9-7-15-29(22)26-21(20-8-5-6-10-23(20)35-26)17-30(25)27(32)28-16-24(31)34-4-2/h7,9,11-15,25H,3-6,8,10,16-17H2,1-2H3,(H,28,32)/t25-/m0/s1. The number of nitrogens with one attached hydrogen (secondary N) is 1. The van der Waals surface area contributed by atoms with Crippen LogP contribution in [0.15, 0.2) is 42.6 Å². The highest BCUT2D eigenvalue weighted by Gasteiger charge is 2.36. The topological polar surface area (TPSA) is 72.8 Å². The van der Waals surface area contributed by atoms with Crippen LogP contribution in [0.1, 0.15) is 60.0 Å². The minimum absolute atomic E-state index is 0.158. The van der Waals surface area contributed by atoms with Crippen LogP contribution in [-0.4, -0.2) is 41.2 Å². The van der Waals surface area contributed by atoms with E-state index in [1.165, 1.54) is 33.8 Å². The molecule has 2 amide bonds. The largest absolute Gasteiger partial charge is 0.494 e. The molecule has 3 heterocycles. The maximum absolute atomic E-state index is 13.6. The fraction of sp³-hybridized carbons (Fsp3) is 0.407. The number of aromatic nitrogens is 1. The first kappa shape index (κ1) is 23.5. The molecule has 0 radical (unpaired) electrons. The van der Waals surface area contributed by atoms with E-state index in [2.05, 4.69) is 22.1 Å². The molecule has 7 nitrogen and oxygen atoms in total. The Morgan fingerprint density at radius 3 is 2.63 bits per heavy atom. The van der Waals surface area contributed by atoms with Crippen LogP contribution in [0, 0.1) is 0 Å². The van der Waals surface area contributed by atoms with Crippen LogP contribution in [0.4, 0.5) is 4.79 Å². The number of benzene rings is 1. The molecule has 1 atom stereocenters. The van der Waals surface area contributed by atoms with Crippen molar-refractivity contribution in [1.82, 2.24) is 14.8 Å². The zero-order chi connectivity index (χ0) is 24.4. The molecule has 5 rings (SSSR count). The van der Waals surface area contributed by atoms with Crippen LogP contribution >= 0.6 is 11.3 Å². The number of fused-ring (bicyclic) bond motifs is 5. The average Bonchev–Trinajstić information content (AvgIpc) is 3.45. The summed E-state index contributed by atoms with van der Waals surface area (Å²) in [6.07, 6.45) is 6.62.